The van der Waals surface area contributed by atoms with Gasteiger partial charge in [0.2, 0.25) is 0 Å². The average Bonchev–Trinajstić information content (AvgIpc) is 3.22. The van der Waals surface area contributed by atoms with Gasteiger partial charge in [-0.1, -0.05) is 6.07 Å². The molecule has 132 valence electrons. The molecule has 0 atom stereocenters. The van der Waals surface area contributed by atoms with E-state index in [0.29, 0.717) is 28.4 Å². The van der Waals surface area contributed by atoms with Crippen LogP contribution in [-0.4, -0.2) is 19.6 Å². The smallest absolute Gasteiger partial charge is 0.273 e. The minimum Gasteiger partial charge on any atom is -0.464 e. The maximum atomic E-state index is 12.6. The predicted molar refractivity (Wildman–Crippen MR) is 103 cm³/mol. The van der Waals surface area contributed by atoms with Crippen LogP contribution in [0.4, 0.5) is 5.82 Å². The van der Waals surface area contributed by atoms with Crippen molar-refractivity contribution >= 4 is 22.4 Å². The maximum Gasteiger partial charge on any atom is 0.273 e. The first-order valence-corrected chi connectivity index (χ1v) is 8.43. The number of rotatable bonds is 2. The van der Waals surface area contributed by atoms with Crippen LogP contribution in [-0.2, 0) is 0 Å². The van der Waals surface area contributed by atoms with Gasteiger partial charge in [0.25, 0.3) is 5.56 Å². The fourth-order valence-corrected chi connectivity index (χ4v) is 3.28. The van der Waals surface area contributed by atoms with E-state index < -0.39 is 0 Å². The van der Waals surface area contributed by atoms with E-state index in [0.717, 1.165) is 22.1 Å². The number of hydrogen-bond acceptors (Lipinski definition) is 5. The van der Waals surface area contributed by atoms with E-state index in [2.05, 4.69) is 10.1 Å². The zero-order chi connectivity index (χ0) is 18.5. The van der Waals surface area contributed by atoms with Crippen LogP contribution >= 0.6 is 0 Å². The molecule has 0 saturated carbocycles. The second kappa shape index (κ2) is 5.57. The number of nitrogens with zero attached hydrogens (tertiary/aromatic N) is 3. The molecule has 0 fully saturated rings. The molecule has 5 rings (SSSR count). The summed E-state index contributed by atoms with van der Waals surface area (Å²) in [6.07, 6.45) is 3.39. The van der Waals surface area contributed by atoms with Crippen LogP contribution < -0.4 is 11.3 Å². The quantitative estimate of drug-likeness (QED) is 0.504. The van der Waals surface area contributed by atoms with Crippen molar-refractivity contribution in [3.63, 3.8) is 0 Å². The average molecular weight is 357 g/mol. The molecule has 4 aromatic heterocycles. The number of aromatic amines is 1. The molecule has 0 bridgehead atoms. The van der Waals surface area contributed by atoms with E-state index >= 15 is 0 Å². The van der Waals surface area contributed by atoms with Gasteiger partial charge in [0, 0.05) is 23.2 Å². The molecule has 0 aliphatic heterocycles. The highest BCUT2D eigenvalue weighted by Gasteiger charge is 2.17. The Hall–Kier alpha value is -3.87. The van der Waals surface area contributed by atoms with Crippen molar-refractivity contribution < 1.29 is 4.42 Å². The lowest BCUT2D eigenvalue weighted by Gasteiger charge is -2.03. The second-order valence-corrected chi connectivity index (χ2v) is 6.38. The Morgan fingerprint density at radius 1 is 1.15 bits per heavy atom. The van der Waals surface area contributed by atoms with E-state index in [1.165, 1.54) is 10.6 Å². The number of benzene rings is 1. The largest absolute Gasteiger partial charge is 0.464 e. The van der Waals surface area contributed by atoms with Crippen LogP contribution in [0.5, 0.6) is 0 Å². The topological polar surface area (TPSA) is 102 Å². The second-order valence-electron chi connectivity index (χ2n) is 6.38. The molecule has 3 N–H and O–H groups in total. The molecule has 0 aliphatic carbocycles. The fraction of sp³-hybridized carbons (Fsp3) is 0.0500. The number of pyridine rings is 1. The molecule has 0 spiro atoms. The van der Waals surface area contributed by atoms with Crippen molar-refractivity contribution in [2.75, 3.05) is 5.73 Å². The van der Waals surface area contributed by atoms with E-state index in [1.807, 2.05) is 43.3 Å². The zero-order valence-corrected chi connectivity index (χ0v) is 14.4. The van der Waals surface area contributed by atoms with Crippen LogP contribution in [0.25, 0.3) is 39.1 Å². The standard InChI is InChI=1S/C20H15N5O2/c1-11-10-27-16-6-5-12(8-13(11)16)15-9-17(26)25-20(23-15)18(19(21)24-25)14-4-2-3-7-22-14/h2-10,24H,21H2,1H3. The van der Waals surface area contributed by atoms with Crippen LogP contribution in [0, 0.1) is 6.92 Å². The van der Waals surface area contributed by atoms with E-state index in [4.69, 9.17) is 15.1 Å². The monoisotopic (exact) mass is 357 g/mol. The van der Waals surface area contributed by atoms with Gasteiger partial charge < -0.3 is 10.2 Å². The van der Waals surface area contributed by atoms with Crippen LogP contribution in [0.1, 0.15) is 5.56 Å². The number of nitrogens with two attached hydrogens (primary N) is 1. The molecule has 0 unspecified atom stereocenters. The maximum absolute atomic E-state index is 12.6. The zero-order valence-electron chi connectivity index (χ0n) is 14.4. The highest BCUT2D eigenvalue weighted by molar-refractivity contribution is 5.87. The van der Waals surface area contributed by atoms with Gasteiger partial charge in [-0.3, -0.25) is 14.9 Å². The van der Waals surface area contributed by atoms with Gasteiger partial charge in [0.15, 0.2) is 5.65 Å². The molecule has 0 radical (unpaired) electrons. The Morgan fingerprint density at radius 2 is 2.04 bits per heavy atom. The summed E-state index contributed by atoms with van der Waals surface area (Å²) < 4.78 is 6.84. The summed E-state index contributed by atoms with van der Waals surface area (Å²) in [5, 5.41) is 3.87. The first-order chi connectivity index (χ1) is 13.1. The summed E-state index contributed by atoms with van der Waals surface area (Å²) in [7, 11) is 0. The van der Waals surface area contributed by atoms with Gasteiger partial charge in [0.1, 0.15) is 11.4 Å². The molecule has 27 heavy (non-hydrogen) atoms. The number of aromatic nitrogens is 4. The molecule has 7 heteroatoms. The lowest BCUT2D eigenvalue weighted by Crippen LogP contribution is -2.14. The van der Waals surface area contributed by atoms with E-state index in [9.17, 15) is 4.79 Å². The Bertz CT molecular complexity index is 1360. The number of nitrogen functional groups attached to an aromatic ring is 1. The number of fused-ring (bicyclic) bond motifs is 2. The highest BCUT2D eigenvalue weighted by Crippen LogP contribution is 2.30. The number of anilines is 1. The number of nitrogens with one attached hydrogen (secondary N) is 1. The van der Waals surface area contributed by atoms with Gasteiger partial charge in [-0.05, 0) is 42.8 Å². The highest BCUT2D eigenvalue weighted by atomic mass is 16.3. The molecule has 1 aromatic carbocycles. The van der Waals surface area contributed by atoms with Crippen molar-refractivity contribution in [2.45, 2.75) is 6.92 Å². The molecule has 0 saturated heterocycles. The summed E-state index contributed by atoms with van der Waals surface area (Å²) in [4.78, 5) is 21.7. The third kappa shape index (κ3) is 2.32. The molecule has 5 aromatic rings. The van der Waals surface area contributed by atoms with Crippen molar-refractivity contribution in [3.05, 3.63) is 70.8 Å². The lowest BCUT2D eigenvalue weighted by molar-refractivity contribution is 0.613. The molecular weight excluding hydrogens is 342 g/mol. The van der Waals surface area contributed by atoms with Gasteiger partial charge >= 0.3 is 0 Å². The van der Waals surface area contributed by atoms with Gasteiger partial charge in [0.05, 0.1) is 23.2 Å². The minimum atomic E-state index is -0.243. The van der Waals surface area contributed by atoms with Crippen molar-refractivity contribution in [2.24, 2.45) is 0 Å². The van der Waals surface area contributed by atoms with Gasteiger partial charge in [-0.25, -0.2) is 4.98 Å². The normalized spacial score (nSPS) is 11.4. The first-order valence-electron chi connectivity index (χ1n) is 8.43. The molecule has 0 aliphatic rings. The third-order valence-electron chi connectivity index (χ3n) is 4.63. The van der Waals surface area contributed by atoms with Crippen molar-refractivity contribution in [3.8, 4) is 22.5 Å². The van der Waals surface area contributed by atoms with Crippen LogP contribution in [0.2, 0.25) is 0 Å². The summed E-state index contributed by atoms with van der Waals surface area (Å²) in [5.41, 5.74) is 10.8. The number of H-pyrrole nitrogens is 1. The van der Waals surface area contributed by atoms with E-state index in [-0.39, 0.29) is 5.56 Å². The first kappa shape index (κ1) is 15.4. The Morgan fingerprint density at radius 3 is 2.85 bits per heavy atom. The summed E-state index contributed by atoms with van der Waals surface area (Å²) in [6, 6.07) is 12.8. The lowest BCUT2D eigenvalue weighted by atomic mass is 10.1. The fourth-order valence-electron chi connectivity index (χ4n) is 3.28. The Labute approximate surface area is 153 Å². The Kier molecular flexibility index (Phi) is 3.17. The van der Waals surface area contributed by atoms with E-state index in [1.54, 1.807) is 12.5 Å². The molecule has 0 amide bonds. The van der Waals surface area contributed by atoms with Gasteiger partial charge in [-0.2, -0.15) is 4.52 Å². The molecule has 7 nitrogen and oxygen atoms in total. The SMILES string of the molecule is Cc1coc2ccc(-c3cc(=O)n4[nH]c(N)c(-c5ccccn5)c4n3)cc12. The van der Waals surface area contributed by atoms with Crippen LogP contribution in [0.3, 0.4) is 0 Å². The summed E-state index contributed by atoms with van der Waals surface area (Å²) in [5.74, 6) is 0.344. The van der Waals surface area contributed by atoms with Crippen molar-refractivity contribution in [1.29, 1.82) is 0 Å². The molecular formula is C20H15N5O2. The summed E-state index contributed by atoms with van der Waals surface area (Å²) in [6.45, 7) is 1.98. The number of aryl methyl sites for hydroxylation is 1. The number of hydrogen-bond donors (Lipinski definition) is 2. The minimum absolute atomic E-state index is 0.243. The molecule has 4 heterocycles. The predicted octanol–water partition coefficient (Wildman–Crippen LogP) is 3.39. The third-order valence-corrected chi connectivity index (χ3v) is 4.63. The van der Waals surface area contributed by atoms with Crippen LogP contribution in [0.15, 0.2) is 64.1 Å². The number of furan rings is 1. The van der Waals surface area contributed by atoms with Gasteiger partial charge in [-0.15, -0.1) is 0 Å². The Balaban J connectivity index is 1.78. The van der Waals surface area contributed by atoms with Crippen molar-refractivity contribution in [1.82, 2.24) is 19.6 Å². The summed E-state index contributed by atoms with van der Waals surface area (Å²) >= 11 is 0.